The highest BCUT2D eigenvalue weighted by atomic mass is 28.4. The highest BCUT2D eigenvalue weighted by Crippen LogP contribution is 2.61. The molecule has 3 nitrogen and oxygen atoms in total. The van der Waals surface area contributed by atoms with Crippen LogP contribution in [0.3, 0.4) is 0 Å². The minimum Gasteiger partial charge on any atom is -0.542 e. The molecule has 0 aromatic heterocycles. The summed E-state index contributed by atoms with van der Waals surface area (Å²) in [6.07, 6.45) is 3.06. The Bertz CT molecular complexity index is 573. The van der Waals surface area contributed by atoms with Gasteiger partial charge in [0.1, 0.15) is 5.76 Å². The van der Waals surface area contributed by atoms with Crippen LogP contribution in [0, 0.1) is 0 Å². The molecular formula is C26H54O3Si2. The Hall–Kier alpha value is -0.106. The van der Waals surface area contributed by atoms with Gasteiger partial charge in [-0.2, -0.15) is 0 Å². The number of ether oxygens (including phenoxy) is 1. The van der Waals surface area contributed by atoms with E-state index in [2.05, 4.69) is 96.9 Å². The summed E-state index contributed by atoms with van der Waals surface area (Å²) in [5.74, 6) is 1.08. The fourth-order valence-corrected chi connectivity index (χ4v) is 18.4. The lowest BCUT2D eigenvalue weighted by Gasteiger charge is -2.49. The van der Waals surface area contributed by atoms with Crippen LogP contribution in [0.25, 0.3) is 0 Å². The van der Waals surface area contributed by atoms with Crippen molar-refractivity contribution in [1.82, 2.24) is 0 Å². The summed E-state index contributed by atoms with van der Waals surface area (Å²) in [7, 11) is -4.54. The molecule has 0 spiro atoms. The van der Waals surface area contributed by atoms with Crippen molar-refractivity contribution < 1.29 is 13.6 Å². The van der Waals surface area contributed by atoms with Crippen LogP contribution in [0.4, 0.5) is 0 Å². The van der Waals surface area contributed by atoms with Gasteiger partial charge in [-0.3, -0.25) is 0 Å². The van der Waals surface area contributed by atoms with Gasteiger partial charge < -0.3 is 13.6 Å². The number of hydrogen-bond acceptors (Lipinski definition) is 3. The Labute approximate surface area is 197 Å². The molecule has 0 fully saturated rings. The van der Waals surface area contributed by atoms with E-state index in [-0.39, 0.29) is 16.4 Å². The molecule has 0 amide bonds. The molecular weight excluding hydrogens is 416 g/mol. The molecule has 1 aliphatic heterocycles. The van der Waals surface area contributed by atoms with Crippen LogP contribution in [-0.4, -0.2) is 29.5 Å². The number of allylic oxidation sites excluding steroid dienone is 1. The van der Waals surface area contributed by atoms with Crippen molar-refractivity contribution >= 4 is 16.6 Å². The molecule has 1 rings (SSSR count). The van der Waals surface area contributed by atoms with Gasteiger partial charge in [-0.15, -0.1) is 0 Å². The third kappa shape index (κ3) is 5.20. The average molecular weight is 471 g/mol. The van der Waals surface area contributed by atoms with Gasteiger partial charge >= 0.3 is 0 Å². The molecule has 0 saturated heterocycles. The van der Waals surface area contributed by atoms with Crippen LogP contribution < -0.4 is 0 Å². The summed E-state index contributed by atoms with van der Waals surface area (Å²) in [5.41, 5.74) is 1.57. The zero-order valence-corrected chi connectivity index (χ0v) is 25.4. The Balaban J connectivity index is 3.91. The summed E-state index contributed by atoms with van der Waals surface area (Å²) in [5, 5.41) is 1.59. The summed E-state index contributed by atoms with van der Waals surface area (Å²) in [6, 6.07) is 0. The third-order valence-electron chi connectivity index (χ3n) is 7.42. The first kappa shape index (κ1) is 28.9. The van der Waals surface area contributed by atoms with Gasteiger partial charge in [-0.25, -0.2) is 0 Å². The Morgan fingerprint density at radius 2 is 1.32 bits per heavy atom. The molecule has 1 heterocycles. The maximum absolute atomic E-state index is 7.41. The van der Waals surface area contributed by atoms with Crippen LogP contribution >= 0.6 is 0 Å². The van der Waals surface area contributed by atoms with Crippen molar-refractivity contribution in [1.29, 1.82) is 0 Å². The fraction of sp³-hybridized carbons (Fsp3) is 0.923. The van der Waals surface area contributed by atoms with Gasteiger partial charge in [0.15, 0.2) is 0 Å². The van der Waals surface area contributed by atoms with Crippen molar-refractivity contribution in [3.63, 3.8) is 0 Å². The molecule has 1 unspecified atom stereocenters. The minimum absolute atomic E-state index is 0.0481. The summed E-state index contributed by atoms with van der Waals surface area (Å²) >= 11 is 0. The zero-order valence-electron chi connectivity index (χ0n) is 23.4. The monoisotopic (exact) mass is 470 g/mol. The molecule has 0 aliphatic carbocycles. The van der Waals surface area contributed by atoms with Gasteiger partial charge in [-0.05, 0) is 51.7 Å². The van der Waals surface area contributed by atoms with Gasteiger partial charge in [0.2, 0.25) is 14.6 Å². The molecule has 1 atom stereocenters. The van der Waals surface area contributed by atoms with E-state index in [0.29, 0.717) is 23.2 Å². The van der Waals surface area contributed by atoms with Crippen LogP contribution in [0.1, 0.15) is 116 Å². The van der Waals surface area contributed by atoms with E-state index < -0.39 is 16.6 Å². The third-order valence-corrected chi connectivity index (χ3v) is 19.6. The molecule has 0 N–H and O–H groups in total. The Kier molecular flexibility index (Phi) is 9.74. The lowest BCUT2D eigenvalue weighted by molar-refractivity contribution is -0.0715. The fourth-order valence-electron chi connectivity index (χ4n) is 6.55. The van der Waals surface area contributed by atoms with E-state index >= 15 is 0 Å². The summed E-state index contributed by atoms with van der Waals surface area (Å²) in [6.45, 7) is 33.4. The number of unbranched alkanes of at least 4 members (excludes halogenated alkanes) is 1. The molecule has 0 bridgehead atoms. The van der Waals surface area contributed by atoms with E-state index in [1.807, 2.05) is 0 Å². The molecule has 0 aromatic carbocycles. The van der Waals surface area contributed by atoms with Crippen molar-refractivity contribution in [2.45, 2.75) is 149 Å². The lowest BCUT2D eigenvalue weighted by Crippen LogP contribution is -2.55. The van der Waals surface area contributed by atoms with Crippen molar-refractivity contribution in [3.8, 4) is 0 Å². The molecule has 0 aromatic rings. The number of rotatable bonds is 10. The van der Waals surface area contributed by atoms with Crippen LogP contribution in [-0.2, 0) is 13.6 Å². The second-order valence-electron chi connectivity index (χ2n) is 12.5. The van der Waals surface area contributed by atoms with Crippen molar-refractivity contribution in [2.75, 3.05) is 6.61 Å². The lowest BCUT2D eigenvalue weighted by atomic mass is 10.2. The second-order valence-corrected chi connectivity index (χ2v) is 23.0. The Morgan fingerprint density at radius 3 is 1.65 bits per heavy atom. The standard InChI is InChI=1S/C26H54O3Si2/c1-15-17-18-22-23(28-30(19(3)4,20(5)6)21(7)8)24(27-16-2)29-31(22,25(9,10)11)26(12,13)14/h19-21,24H,15-18H2,1-14H3. The van der Waals surface area contributed by atoms with Crippen molar-refractivity contribution in [2.24, 2.45) is 0 Å². The summed E-state index contributed by atoms with van der Waals surface area (Å²) in [4.78, 5) is 0. The van der Waals surface area contributed by atoms with Crippen LogP contribution in [0.15, 0.2) is 11.0 Å². The average Bonchev–Trinajstić information content (AvgIpc) is 2.91. The largest absolute Gasteiger partial charge is 0.542 e. The van der Waals surface area contributed by atoms with E-state index in [1.54, 1.807) is 0 Å². The molecule has 184 valence electrons. The maximum atomic E-state index is 7.41. The minimum atomic E-state index is -2.42. The Morgan fingerprint density at radius 1 is 0.871 bits per heavy atom. The quantitative estimate of drug-likeness (QED) is 0.298. The van der Waals surface area contributed by atoms with Crippen molar-refractivity contribution in [3.05, 3.63) is 11.0 Å². The van der Waals surface area contributed by atoms with Gasteiger partial charge in [0, 0.05) is 6.61 Å². The molecule has 5 heteroatoms. The topological polar surface area (TPSA) is 27.7 Å². The highest BCUT2D eigenvalue weighted by Gasteiger charge is 2.64. The molecule has 31 heavy (non-hydrogen) atoms. The number of hydrogen-bond donors (Lipinski definition) is 0. The molecule has 0 radical (unpaired) electrons. The van der Waals surface area contributed by atoms with E-state index in [4.69, 9.17) is 13.6 Å². The molecule has 1 aliphatic rings. The first-order chi connectivity index (χ1) is 14.0. The van der Waals surface area contributed by atoms with Crippen LogP contribution in [0.2, 0.25) is 26.7 Å². The first-order valence-electron chi connectivity index (χ1n) is 12.8. The second kappa shape index (κ2) is 10.4. The predicted octanol–water partition coefficient (Wildman–Crippen LogP) is 9.10. The van der Waals surface area contributed by atoms with Crippen LogP contribution in [0.5, 0.6) is 0 Å². The highest BCUT2D eigenvalue weighted by molar-refractivity contribution is 6.87. The normalized spacial score (nSPS) is 20.5. The first-order valence-corrected chi connectivity index (χ1v) is 16.8. The summed E-state index contributed by atoms with van der Waals surface area (Å²) < 4.78 is 20.9. The smallest absolute Gasteiger partial charge is 0.258 e. The van der Waals surface area contributed by atoms with Gasteiger partial charge in [-0.1, -0.05) is 96.4 Å². The SMILES string of the molecule is CCCCC1=C(O[Si](C(C)C)(C(C)C)C(C)C)C(OCC)O[Si]1(C(C)(C)C)C(C)(C)C. The maximum Gasteiger partial charge on any atom is 0.258 e. The van der Waals surface area contributed by atoms with E-state index in [9.17, 15) is 0 Å². The van der Waals surface area contributed by atoms with E-state index in [1.165, 1.54) is 18.0 Å². The predicted molar refractivity (Wildman–Crippen MR) is 140 cm³/mol. The zero-order chi connectivity index (χ0) is 24.4. The van der Waals surface area contributed by atoms with Gasteiger partial charge in [0.25, 0.3) is 8.32 Å². The molecule has 0 saturated carbocycles. The van der Waals surface area contributed by atoms with Gasteiger partial charge in [0.05, 0.1) is 0 Å². The van der Waals surface area contributed by atoms with E-state index in [0.717, 1.165) is 12.2 Å².